The van der Waals surface area contributed by atoms with E-state index in [-0.39, 0.29) is 17.7 Å². The standard InChI is InChI=1S/C20H23N3O2/c1-23(2)16-10-5-9-15(13-16)19(24)21-22-20(25)18-12-6-8-14-7-3-4-11-17(14)18/h3-5,7,9-11,13,18H,6,8,12H2,1-2H3,(H,21,24)(H,22,25)/t18-/m1/s1. The molecule has 25 heavy (non-hydrogen) atoms. The lowest BCUT2D eigenvalue weighted by atomic mass is 9.82. The highest BCUT2D eigenvalue weighted by molar-refractivity contribution is 5.96. The summed E-state index contributed by atoms with van der Waals surface area (Å²) < 4.78 is 0. The molecular formula is C20H23N3O2. The predicted molar refractivity (Wildman–Crippen MR) is 98.5 cm³/mol. The van der Waals surface area contributed by atoms with Gasteiger partial charge in [0.2, 0.25) is 5.91 Å². The van der Waals surface area contributed by atoms with Gasteiger partial charge in [-0.25, -0.2) is 0 Å². The van der Waals surface area contributed by atoms with E-state index >= 15 is 0 Å². The Morgan fingerprint density at radius 3 is 2.64 bits per heavy atom. The number of benzene rings is 2. The van der Waals surface area contributed by atoms with Crippen molar-refractivity contribution in [3.63, 3.8) is 0 Å². The number of hydrazine groups is 1. The summed E-state index contributed by atoms with van der Waals surface area (Å²) in [6.45, 7) is 0. The molecule has 5 heteroatoms. The zero-order valence-electron chi connectivity index (χ0n) is 14.6. The van der Waals surface area contributed by atoms with Crippen LogP contribution in [0, 0.1) is 0 Å². The first-order chi connectivity index (χ1) is 12.1. The normalized spacial score (nSPS) is 15.8. The quantitative estimate of drug-likeness (QED) is 0.847. The van der Waals surface area contributed by atoms with Gasteiger partial charge in [-0.3, -0.25) is 20.4 Å². The number of aryl methyl sites for hydroxylation is 1. The lowest BCUT2D eigenvalue weighted by Gasteiger charge is -2.24. The van der Waals surface area contributed by atoms with Crippen molar-refractivity contribution in [2.45, 2.75) is 25.2 Å². The van der Waals surface area contributed by atoms with E-state index in [0.717, 1.165) is 30.5 Å². The van der Waals surface area contributed by atoms with Gasteiger partial charge in [0, 0.05) is 25.3 Å². The number of hydrogen-bond donors (Lipinski definition) is 2. The molecule has 2 N–H and O–H groups in total. The fourth-order valence-electron chi connectivity index (χ4n) is 3.23. The third-order valence-electron chi connectivity index (χ3n) is 4.61. The van der Waals surface area contributed by atoms with Gasteiger partial charge in [-0.15, -0.1) is 0 Å². The van der Waals surface area contributed by atoms with Crippen molar-refractivity contribution in [1.29, 1.82) is 0 Å². The minimum Gasteiger partial charge on any atom is -0.378 e. The van der Waals surface area contributed by atoms with Crippen molar-refractivity contribution in [2.24, 2.45) is 0 Å². The van der Waals surface area contributed by atoms with Crippen LogP contribution in [0.25, 0.3) is 0 Å². The Hall–Kier alpha value is -2.82. The van der Waals surface area contributed by atoms with E-state index < -0.39 is 0 Å². The Morgan fingerprint density at radius 1 is 1.04 bits per heavy atom. The minimum atomic E-state index is -0.318. The van der Waals surface area contributed by atoms with Crippen LogP contribution in [0.1, 0.15) is 40.2 Å². The summed E-state index contributed by atoms with van der Waals surface area (Å²) in [4.78, 5) is 26.8. The van der Waals surface area contributed by atoms with E-state index in [0.29, 0.717) is 5.56 Å². The third-order valence-corrected chi connectivity index (χ3v) is 4.61. The van der Waals surface area contributed by atoms with Crippen molar-refractivity contribution in [2.75, 3.05) is 19.0 Å². The lowest BCUT2D eigenvalue weighted by molar-refractivity contribution is -0.123. The molecule has 2 aromatic rings. The second-order valence-corrected chi connectivity index (χ2v) is 6.53. The summed E-state index contributed by atoms with van der Waals surface area (Å²) >= 11 is 0. The predicted octanol–water partition coefficient (Wildman–Crippen LogP) is 2.63. The van der Waals surface area contributed by atoms with Gasteiger partial charge in [-0.2, -0.15) is 0 Å². The van der Waals surface area contributed by atoms with E-state index in [4.69, 9.17) is 0 Å². The zero-order valence-corrected chi connectivity index (χ0v) is 14.6. The van der Waals surface area contributed by atoms with Gasteiger partial charge in [0.25, 0.3) is 5.91 Å². The molecule has 0 saturated carbocycles. The summed E-state index contributed by atoms with van der Waals surface area (Å²) in [5.41, 5.74) is 8.85. The number of nitrogens with one attached hydrogen (secondary N) is 2. The second-order valence-electron chi connectivity index (χ2n) is 6.53. The van der Waals surface area contributed by atoms with E-state index in [9.17, 15) is 9.59 Å². The summed E-state index contributed by atoms with van der Waals surface area (Å²) in [6, 6.07) is 15.3. The molecule has 0 saturated heterocycles. The Balaban J connectivity index is 1.65. The zero-order chi connectivity index (χ0) is 17.8. The Labute approximate surface area is 148 Å². The highest BCUT2D eigenvalue weighted by Crippen LogP contribution is 2.31. The Kier molecular flexibility index (Phi) is 5.03. The molecule has 2 aromatic carbocycles. The van der Waals surface area contributed by atoms with Gasteiger partial charge >= 0.3 is 0 Å². The molecule has 1 aliphatic rings. The molecule has 0 aromatic heterocycles. The van der Waals surface area contributed by atoms with Crippen molar-refractivity contribution in [3.8, 4) is 0 Å². The molecule has 2 amide bonds. The van der Waals surface area contributed by atoms with E-state index in [1.165, 1.54) is 5.56 Å². The SMILES string of the molecule is CN(C)c1cccc(C(=O)NNC(=O)[C@@H]2CCCc3ccccc32)c1. The van der Waals surface area contributed by atoms with E-state index in [1.54, 1.807) is 12.1 Å². The maximum Gasteiger partial charge on any atom is 0.269 e. The van der Waals surface area contributed by atoms with Crippen LogP contribution in [0.2, 0.25) is 0 Å². The molecule has 0 heterocycles. The molecule has 5 nitrogen and oxygen atoms in total. The molecule has 0 bridgehead atoms. The maximum absolute atomic E-state index is 12.5. The van der Waals surface area contributed by atoms with Crippen LogP contribution in [-0.4, -0.2) is 25.9 Å². The average Bonchev–Trinajstić information content (AvgIpc) is 2.65. The van der Waals surface area contributed by atoms with Crippen LogP contribution in [0.15, 0.2) is 48.5 Å². The largest absolute Gasteiger partial charge is 0.378 e. The number of fused-ring (bicyclic) bond motifs is 1. The monoisotopic (exact) mass is 337 g/mol. The first kappa shape index (κ1) is 17.0. The highest BCUT2D eigenvalue weighted by Gasteiger charge is 2.26. The molecule has 130 valence electrons. The number of amides is 2. The van der Waals surface area contributed by atoms with Gasteiger partial charge in [0.05, 0.1) is 5.92 Å². The molecule has 0 fully saturated rings. The highest BCUT2D eigenvalue weighted by atomic mass is 16.2. The van der Waals surface area contributed by atoms with Crippen molar-refractivity contribution < 1.29 is 9.59 Å². The van der Waals surface area contributed by atoms with Crippen LogP contribution >= 0.6 is 0 Å². The van der Waals surface area contributed by atoms with Crippen molar-refractivity contribution >= 4 is 17.5 Å². The Bertz CT molecular complexity index is 786. The first-order valence-electron chi connectivity index (χ1n) is 8.51. The molecule has 1 atom stereocenters. The van der Waals surface area contributed by atoms with Gasteiger partial charge in [0.1, 0.15) is 0 Å². The van der Waals surface area contributed by atoms with E-state index in [2.05, 4.69) is 16.9 Å². The molecule has 0 spiro atoms. The van der Waals surface area contributed by atoms with Crippen molar-refractivity contribution in [1.82, 2.24) is 10.9 Å². The number of rotatable bonds is 3. The summed E-state index contributed by atoms with van der Waals surface area (Å²) in [7, 11) is 3.83. The smallest absolute Gasteiger partial charge is 0.269 e. The number of hydrogen-bond acceptors (Lipinski definition) is 3. The number of anilines is 1. The number of carbonyl (C=O) groups excluding carboxylic acids is 2. The van der Waals surface area contributed by atoms with Crippen LogP contribution in [0.4, 0.5) is 5.69 Å². The summed E-state index contributed by atoms with van der Waals surface area (Å²) in [5, 5.41) is 0. The molecule has 0 radical (unpaired) electrons. The molecule has 1 aliphatic carbocycles. The fraction of sp³-hybridized carbons (Fsp3) is 0.300. The van der Waals surface area contributed by atoms with Crippen LogP contribution in [0.3, 0.4) is 0 Å². The van der Waals surface area contributed by atoms with Gasteiger partial charge in [-0.05, 0) is 48.6 Å². The van der Waals surface area contributed by atoms with Crippen molar-refractivity contribution in [3.05, 3.63) is 65.2 Å². The fourth-order valence-corrected chi connectivity index (χ4v) is 3.23. The van der Waals surface area contributed by atoms with Crippen LogP contribution < -0.4 is 15.8 Å². The number of nitrogens with zero attached hydrogens (tertiary/aromatic N) is 1. The summed E-state index contributed by atoms with van der Waals surface area (Å²) in [6.07, 6.45) is 2.78. The van der Waals surface area contributed by atoms with Crippen LogP contribution in [-0.2, 0) is 11.2 Å². The maximum atomic E-state index is 12.5. The molecule has 0 aliphatic heterocycles. The molecule has 0 unspecified atom stereocenters. The van der Waals surface area contributed by atoms with E-state index in [1.807, 2.05) is 49.3 Å². The molecule has 3 rings (SSSR count). The molecular weight excluding hydrogens is 314 g/mol. The van der Waals surface area contributed by atoms with Gasteiger partial charge in [0.15, 0.2) is 0 Å². The number of carbonyl (C=O) groups is 2. The third kappa shape index (κ3) is 3.82. The second kappa shape index (κ2) is 7.38. The minimum absolute atomic E-state index is 0.163. The lowest BCUT2D eigenvalue weighted by Crippen LogP contribution is -2.44. The Morgan fingerprint density at radius 2 is 1.84 bits per heavy atom. The first-order valence-corrected chi connectivity index (χ1v) is 8.51. The van der Waals surface area contributed by atoms with Gasteiger partial charge < -0.3 is 4.90 Å². The van der Waals surface area contributed by atoms with Crippen LogP contribution in [0.5, 0.6) is 0 Å². The average molecular weight is 337 g/mol. The van der Waals surface area contributed by atoms with Gasteiger partial charge in [-0.1, -0.05) is 30.3 Å². The topological polar surface area (TPSA) is 61.4 Å². The summed E-state index contributed by atoms with van der Waals surface area (Å²) in [5.74, 6) is -0.691.